The molecular formula is C35H20Cl2N4O4. The maximum Gasteiger partial charge on any atom is 0.330 e. The van der Waals surface area contributed by atoms with Gasteiger partial charge in [-0.1, -0.05) is 84.9 Å². The minimum absolute atomic E-state index is 0.0884. The Labute approximate surface area is 266 Å². The van der Waals surface area contributed by atoms with E-state index in [0.717, 1.165) is 38.0 Å². The minimum Gasteiger partial charge on any atom is -0.423 e. The highest BCUT2D eigenvalue weighted by molar-refractivity contribution is 6.68. The Morgan fingerprint density at radius 1 is 0.533 bits per heavy atom. The van der Waals surface area contributed by atoms with Crippen LogP contribution in [0.5, 0.6) is 23.5 Å². The molecule has 0 saturated heterocycles. The lowest BCUT2D eigenvalue weighted by Gasteiger charge is -2.14. The molecule has 0 atom stereocenters. The summed E-state index contributed by atoms with van der Waals surface area (Å²) < 4.78 is 12.2. The van der Waals surface area contributed by atoms with Crippen molar-refractivity contribution >= 4 is 77.6 Å². The van der Waals surface area contributed by atoms with Gasteiger partial charge in [0.25, 0.3) is 10.5 Å². The van der Waals surface area contributed by atoms with E-state index in [1.54, 1.807) is 24.3 Å². The summed E-state index contributed by atoms with van der Waals surface area (Å²) in [5, 5.41) is 6.98. The quantitative estimate of drug-likeness (QED) is 0.166. The van der Waals surface area contributed by atoms with Gasteiger partial charge in [-0.05, 0) is 80.5 Å². The Kier molecular flexibility index (Phi) is 7.42. The second-order valence-corrected chi connectivity index (χ2v) is 10.7. The Hall–Kier alpha value is -5.57. The molecule has 7 rings (SSSR count). The molecule has 0 unspecified atom stereocenters. The first-order chi connectivity index (χ1) is 21.9. The van der Waals surface area contributed by atoms with E-state index >= 15 is 0 Å². The molecule has 0 aliphatic heterocycles. The molecule has 0 spiro atoms. The molecule has 0 fully saturated rings. The van der Waals surface area contributed by atoms with Crippen molar-refractivity contribution in [3.8, 4) is 23.5 Å². The molecule has 218 valence electrons. The molecule has 45 heavy (non-hydrogen) atoms. The first-order valence-electron chi connectivity index (χ1n) is 13.7. The molecule has 1 aromatic heterocycles. The van der Waals surface area contributed by atoms with E-state index < -0.39 is 10.5 Å². The van der Waals surface area contributed by atoms with Crippen molar-refractivity contribution in [1.82, 2.24) is 15.0 Å². The van der Waals surface area contributed by atoms with Gasteiger partial charge in [-0.3, -0.25) is 9.59 Å². The van der Waals surface area contributed by atoms with Gasteiger partial charge >= 0.3 is 12.0 Å². The van der Waals surface area contributed by atoms with Crippen LogP contribution in [-0.2, 0) is 0 Å². The lowest BCUT2D eigenvalue weighted by Crippen LogP contribution is -2.06. The summed E-state index contributed by atoms with van der Waals surface area (Å²) >= 11 is 11.9. The summed E-state index contributed by atoms with van der Waals surface area (Å²) in [5.74, 6) is 0.374. The van der Waals surface area contributed by atoms with E-state index in [9.17, 15) is 9.59 Å². The first kappa shape index (κ1) is 28.2. The van der Waals surface area contributed by atoms with Gasteiger partial charge in [0.05, 0.1) is 11.1 Å². The highest BCUT2D eigenvalue weighted by atomic mass is 35.5. The third kappa shape index (κ3) is 5.84. The second kappa shape index (κ2) is 11.8. The highest BCUT2D eigenvalue weighted by Gasteiger charge is 2.19. The van der Waals surface area contributed by atoms with Crippen LogP contribution in [0.1, 0.15) is 20.7 Å². The van der Waals surface area contributed by atoms with Gasteiger partial charge in [-0.2, -0.15) is 9.97 Å². The van der Waals surface area contributed by atoms with Crippen molar-refractivity contribution < 1.29 is 19.1 Å². The molecule has 7 aromatic rings. The fourth-order valence-corrected chi connectivity index (χ4v) is 5.35. The number of aromatic nitrogens is 3. The zero-order valence-electron chi connectivity index (χ0n) is 23.2. The molecule has 0 amide bonds. The van der Waals surface area contributed by atoms with Crippen molar-refractivity contribution in [3.63, 3.8) is 0 Å². The Morgan fingerprint density at radius 3 is 1.49 bits per heavy atom. The number of fused-ring (bicyclic) bond motifs is 3. The van der Waals surface area contributed by atoms with Gasteiger partial charge in [0, 0.05) is 11.1 Å². The zero-order valence-corrected chi connectivity index (χ0v) is 24.7. The molecule has 1 heterocycles. The smallest absolute Gasteiger partial charge is 0.330 e. The fourth-order valence-electron chi connectivity index (χ4n) is 5.05. The van der Waals surface area contributed by atoms with E-state index in [1.165, 1.54) is 0 Å². The van der Waals surface area contributed by atoms with E-state index in [1.807, 2.05) is 91.0 Å². The number of nitrogens with zero attached hydrogens (tertiary/aromatic N) is 3. The molecule has 8 nitrogen and oxygen atoms in total. The van der Waals surface area contributed by atoms with Gasteiger partial charge < -0.3 is 14.8 Å². The minimum atomic E-state index is -0.711. The summed E-state index contributed by atoms with van der Waals surface area (Å²) in [6.07, 6.45) is 0. The number of carbonyl (C=O) groups is 2. The van der Waals surface area contributed by atoms with E-state index in [4.69, 9.17) is 32.7 Å². The van der Waals surface area contributed by atoms with Gasteiger partial charge in [-0.25, -0.2) is 0 Å². The predicted molar refractivity (Wildman–Crippen MR) is 175 cm³/mol. The number of anilines is 2. The summed E-state index contributed by atoms with van der Waals surface area (Å²) in [6, 6.07) is 34.8. The largest absolute Gasteiger partial charge is 0.423 e. The number of benzene rings is 6. The van der Waals surface area contributed by atoms with Crippen LogP contribution in [0.2, 0.25) is 0 Å². The number of nitrogens with one attached hydrogen (secondary N) is 1. The van der Waals surface area contributed by atoms with Gasteiger partial charge in [-0.15, -0.1) is 4.98 Å². The van der Waals surface area contributed by atoms with Crippen molar-refractivity contribution in [1.29, 1.82) is 0 Å². The monoisotopic (exact) mass is 630 g/mol. The van der Waals surface area contributed by atoms with Gasteiger partial charge in [0.2, 0.25) is 5.95 Å². The zero-order chi connectivity index (χ0) is 30.9. The maximum atomic E-state index is 12.4. The number of rotatable bonds is 8. The third-order valence-electron chi connectivity index (χ3n) is 7.15. The number of ether oxygens (including phenoxy) is 2. The highest BCUT2D eigenvalue weighted by Crippen LogP contribution is 2.34. The first-order valence-corrected chi connectivity index (χ1v) is 14.5. The van der Waals surface area contributed by atoms with Crippen molar-refractivity contribution in [2.24, 2.45) is 0 Å². The molecule has 10 heteroatoms. The number of carbonyl (C=O) groups excluding carboxylic acids is 2. The van der Waals surface area contributed by atoms with E-state index in [-0.39, 0.29) is 40.6 Å². The molecule has 0 aliphatic carbocycles. The van der Waals surface area contributed by atoms with E-state index in [2.05, 4.69) is 20.3 Å². The molecule has 0 bridgehead atoms. The van der Waals surface area contributed by atoms with Gasteiger partial charge in [0.1, 0.15) is 11.5 Å². The van der Waals surface area contributed by atoms with Crippen LogP contribution in [0.4, 0.5) is 11.6 Å². The van der Waals surface area contributed by atoms with Crippen LogP contribution in [0.15, 0.2) is 115 Å². The summed E-state index contributed by atoms with van der Waals surface area (Å²) in [7, 11) is 0. The van der Waals surface area contributed by atoms with Gasteiger partial charge in [0.15, 0.2) is 0 Å². The Morgan fingerprint density at radius 2 is 0.978 bits per heavy atom. The maximum absolute atomic E-state index is 12.4. The standard InChI is InChI=1S/C35H20Cl2N4O4/c36-31(42)26-16-21-9-1-3-11-23(21)18-29(26)44-34-39-33(38-28-15-7-13-20-8-5-6-14-25(20)28)40-35(41-34)45-30-19-24-12-4-2-10-22(24)17-27(30)32(37)43/h1-19H,(H,38,39,40,41). The molecular weight excluding hydrogens is 611 g/mol. The Bertz CT molecular complexity index is 2170. The average Bonchev–Trinajstić information content (AvgIpc) is 3.04. The van der Waals surface area contributed by atoms with Crippen LogP contribution in [-0.4, -0.2) is 25.4 Å². The number of hydrogen-bond donors (Lipinski definition) is 1. The molecule has 1 N–H and O–H groups in total. The topological polar surface area (TPSA) is 103 Å². The summed E-state index contributed by atoms with van der Waals surface area (Å²) in [4.78, 5) is 38.1. The third-order valence-corrected chi connectivity index (χ3v) is 7.56. The lowest BCUT2D eigenvalue weighted by molar-refractivity contribution is 0.107. The number of halogens is 2. The Balaban J connectivity index is 1.35. The molecule has 0 saturated carbocycles. The van der Waals surface area contributed by atoms with Crippen LogP contribution in [0, 0.1) is 0 Å². The predicted octanol–water partition coefficient (Wildman–Crippen LogP) is 9.42. The van der Waals surface area contributed by atoms with Crippen molar-refractivity contribution in [2.45, 2.75) is 0 Å². The molecule has 0 aliphatic rings. The normalized spacial score (nSPS) is 11.1. The second-order valence-electron chi connectivity index (χ2n) is 10.0. The van der Waals surface area contributed by atoms with Crippen molar-refractivity contribution in [2.75, 3.05) is 5.32 Å². The van der Waals surface area contributed by atoms with Crippen LogP contribution in [0.3, 0.4) is 0 Å². The molecule has 0 radical (unpaired) electrons. The molecule has 6 aromatic carbocycles. The van der Waals surface area contributed by atoms with Crippen LogP contribution >= 0.6 is 23.2 Å². The van der Waals surface area contributed by atoms with Crippen LogP contribution in [0.25, 0.3) is 32.3 Å². The number of hydrogen-bond acceptors (Lipinski definition) is 8. The summed E-state index contributed by atoms with van der Waals surface area (Å²) in [5.41, 5.74) is 0.985. The SMILES string of the molecule is O=C(Cl)c1cc2ccccc2cc1Oc1nc(Nc2cccc3ccccc23)nc(Oc2cc3ccccc3cc2C(=O)Cl)n1. The van der Waals surface area contributed by atoms with Crippen molar-refractivity contribution in [3.05, 3.63) is 126 Å². The fraction of sp³-hybridized carbons (Fsp3) is 0. The average molecular weight is 631 g/mol. The van der Waals surface area contributed by atoms with Crippen LogP contribution < -0.4 is 14.8 Å². The lowest BCUT2D eigenvalue weighted by atomic mass is 10.1. The van der Waals surface area contributed by atoms with E-state index in [0.29, 0.717) is 0 Å². The summed E-state index contributed by atoms with van der Waals surface area (Å²) in [6.45, 7) is 0.